The highest BCUT2D eigenvalue weighted by molar-refractivity contribution is 7.92. The van der Waals surface area contributed by atoms with Gasteiger partial charge in [0.2, 0.25) is 0 Å². The Bertz CT molecular complexity index is 414. The average molecular weight is 241 g/mol. The number of sulfone groups is 1. The third kappa shape index (κ3) is 2.27. The molecule has 0 aliphatic rings. The van der Waals surface area contributed by atoms with Crippen molar-refractivity contribution in [1.29, 1.82) is 0 Å². The second kappa shape index (κ2) is 3.74. The number of hydrogen-bond donors (Lipinski definition) is 1. The summed E-state index contributed by atoms with van der Waals surface area (Å²) in [6.07, 6.45) is 0. The van der Waals surface area contributed by atoms with Crippen molar-refractivity contribution in [2.75, 3.05) is 5.21 Å². The first kappa shape index (κ1) is 10.6. The molecular weight excluding hydrogens is 235 g/mol. The van der Waals surface area contributed by atoms with Crippen molar-refractivity contribution in [3.05, 3.63) is 23.2 Å². The molecular formula is C7H6Cl2O3S. The molecule has 1 aromatic carbocycles. The van der Waals surface area contributed by atoms with Gasteiger partial charge < -0.3 is 5.11 Å². The number of benzene rings is 1. The minimum atomic E-state index is -3.47. The van der Waals surface area contributed by atoms with E-state index in [0.29, 0.717) is 0 Å². The summed E-state index contributed by atoms with van der Waals surface area (Å²) in [6.45, 7) is 0. The summed E-state index contributed by atoms with van der Waals surface area (Å²) in [4.78, 5) is 0.00491. The molecule has 13 heavy (non-hydrogen) atoms. The molecule has 1 N–H and O–H groups in total. The summed E-state index contributed by atoms with van der Waals surface area (Å²) in [7, 11) is -3.47. The van der Waals surface area contributed by atoms with E-state index in [0.717, 1.165) is 6.07 Å². The van der Waals surface area contributed by atoms with E-state index in [1.54, 1.807) is 0 Å². The summed E-state index contributed by atoms with van der Waals surface area (Å²) in [5, 5.41) is 8.51. The van der Waals surface area contributed by atoms with Crippen LogP contribution in [-0.4, -0.2) is 18.7 Å². The number of phenolic OH excluding ortho intramolecular Hbond substituents is 1. The Balaban J connectivity index is 3.27. The molecule has 0 radical (unpaired) electrons. The van der Waals surface area contributed by atoms with Crippen molar-refractivity contribution in [2.45, 2.75) is 4.90 Å². The van der Waals surface area contributed by atoms with Gasteiger partial charge in [-0.2, -0.15) is 0 Å². The van der Waals surface area contributed by atoms with E-state index in [4.69, 9.17) is 28.3 Å². The van der Waals surface area contributed by atoms with Crippen molar-refractivity contribution >= 4 is 33.0 Å². The summed E-state index contributed by atoms with van der Waals surface area (Å²) in [5.74, 6) is -0.157. The Morgan fingerprint density at radius 3 is 2.46 bits per heavy atom. The summed E-state index contributed by atoms with van der Waals surface area (Å²) in [5.41, 5.74) is 0. The number of phenols is 1. The molecule has 0 atom stereocenters. The normalized spacial score (nSPS) is 11.5. The van der Waals surface area contributed by atoms with E-state index >= 15 is 0 Å². The Morgan fingerprint density at radius 1 is 1.38 bits per heavy atom. The zero-order chi connectivity index (χ0) is 10.1. The Hall–Kier alpha value is -0.450. The fourth-order valence-electron chi connectivity index (χ4n) is 0.744. The Kier molecular flexibility index (Phi) is 3.05. The van der Waals surface area contributed by atoms with Crippen LogP contribution in [0.25, 0.3) is 0 Å². The lowest BCUT2D eigenvalue weighted by atomic mass is 10.3. The van der Waals surface area contributed by atoms with E-state index in [2.05, 4.69) is 0 Å². The maximum absolute atomic E-state index is 11.2. The van der Waals surface area contributed by atoms with Crippen LogP contribution in [0.1, 0.15) is 0 Å². The van der Waals surface area contributed by atoms with Crippen LogP contribution in [0.15, 0.2) is 23.1 Å². The molecule has 0 saturated carbocycles. The maximum atomic E-state index is 11.2. The van der Waals surface area contributed by atoms with Gasteiger partial charge in [-0.25, -0.2) is 8.42 Å². The quantitative estimate of drug-likeness (QED) is 0.806. The topological polar surface area (TPSA) is 54.4 Å². The molecule has 0 amide bonds. The van der Waals surface area contributed by atoms with Gasteiger partial charge in [-0.3, -0.25) is 0 Å². The number of aromatic hydroxyl groups is 1. The van der Waals surface area contributed by atoms with Gasteiger partial charge in [0.15, 0.2) is 9.84 Å². The lowest BCUT2D eigenvalue weighted by Crippen LogP contribution is -2.01. The second-order valence-corrected chi connectivity index (χ2v) is 5.32. The SMILES string of the molecule is O=S(=O)(CCl)c1ccc(O)c(Cl)c1. The van der Waals surface area contributed by atoms with E-state index in [9.17, 15) is 8.42 Å². The summed E-state index contributed by atoms with van der Waals surface area (Å²) < 4.78 is 22.4. The predicted molar refractivity (Wildman–Crippen MR) is 51.0 cm³/mol. The van der Waals surface area contributed by atoms with Crippen molar-refractivity contribution < 1.29 is 13.5 Å². The highest BCUT2D eigenvalue weighted by Gasteiger charge is 2.13. The first-order chi connectivity index (χ1) is 5.97. The van der Waals surface area contributed by atoms with Gasteiger partial charge >= 0.3 is 0 Å². The van der Waals surface area contributed by atoms with Crippen LogP contribution in [0.5, 0.6) is 5.75 Å². The maximum Gasteiger partial charge on any atom is 0.192 e. The molecule has 0 spiro atoms. The molecule has 1 aromatic rings. The van der Waals surface area contributed by atoms with Crippen LogP contribution in [0.3, 0.4) is 0 Å². The van der Waals surface area contributed by atoms with E-state index in [1.165, 1.54) is 12.1 Å². The van der Waals surface area contributed by atoms with Crippen LogP contribution in [0.4, 0.5) is 0 Å². The van der Waals surface area contributed by atoms with Crippen molar-refractivity contribution in [2.24, 2.45) is 0 Å². The van der Waals surface area contributed by atoms with Crippen molar-refractivity contribution in [1.82, 2.24) is 0 Å². The zero-order valence-electron chi connectivity index (χ0n) is 6.37. The van der Waals surface area contributed by atoms with Gasteiger partial charge in [-0.1, -0.05) is 11.6 Å². The molecule has 0 aromatic heterocycles. The molecule has 72 valence electrons. The Labute approximate surface area is 85.8 Å². The lowest BCUT2D eigenvalue weighted by Gasteiger charge is -2.01. The second-order valence-electron chi connectivity index (χ2n) is 2.34. The van der Waals surface area contributed by atoms with Gasteiger partial charge in [-0.05, 0) is 18.2 Å². The van der Waals surface area contributed by atoms with E-state index in [-0.39, 0.29) is 15.7 Å². The molecule has 0 fully saturated rings. The highest BCUT2D eigenvalue weighted by Crippen LogP contribution is 2.26. The van der Waals surface area contributed by atoms with Crippen LogP contribution < -0.4 is 0 Å². The molecule has 3 nitrogen and oxygen atoms in total. The molecule has 1 rings (SSSR count). The van der Waals surface area contributed by atoms with Crippen LogP contribution in [-0.2, 0) is 9.84 Å². The molecule has 0 aliphatic heterocycles. The largest absolute Gasteiger partial charge is 0.506 e. The third-order valence-electron chi connectivity index (χ3n) is 1.42. The lowest BCUT2D eigenvalue weighted by molar-refractivity contribution is 0.475. The highest BCUT2D eigenvalue weighted by atomic mass is 35.5. The Morgan fingerprint density at radius 2 is 2.00 bits per heavy atom. The van der Waals surface area contributed by atoms with Gasteiger partial charge in [0, 0.05) is 0 Å². The monoisotopic (exact) mass is 240 g/mol. The minimum absolute atomic E-state index is 0.00491. The zero-order valence-corrected chi connectivity index (χ0v) is 8.70. The first-order valence-corrected chi connectivity index (χ1v) is 5.81. The van der Waals surface area contributed by atoms with Gasteiger partial charge in [-0.15, -0.1) is 11.6 Å². The average Bonchev–Trinajstić information content (AvgIpc) is 2.09. The molecule has 0 unspecified atom stereocenters. The number of hydrogen-bond acceptors (Lipinski definition) is 3. The molecule has 6 heteroatoms. The molecule has 0 aliphatic carbocycles. The molecule has 0 saturated heterocycles. The molecule has 0 heterocycles. The predicted octanol–water partition coefficient (Wildman–Crippen LogP) is 2.02. The van der Waals surface area contributed by atoms with Crippen molar-refractivity contribution in [3.63, 3.8) is 0 Å². The van der Waals surface area contributed by atoms with Gasteiger partial charge in [0.1, 0.15) is 11.0 Å². The summed E-state index contributed by atoms with van der Waals surface area (Å²) >= 11 is 10.7. The standard InChI is InChI=1S/C7H6Cl2O3S/c8-4-13(11,12)5-1-2-7(10)6(9)3-5/h1-3,10H,4H2. The minimum Gasteiger partial charge on any atom is -0.506 e. The van der Waals surface area contributed by atoms with E-state index in [1.807, 2.05) is 0 Å². The smallest absolute Gasteiger partial charge is 0.192 e. The van der Waals surface area contributed by atoms with Crippen LogP contribution in [0, 0.1) is 0 Å². The van der Waals surface area contributed by atoms with E-state index < -0.39 is 15.0 Å². The number of alkyl halides is 1. The van der Waals surface area contributed by atoms with Gasteiger partial charge in [0.05, 0.1) is 9.92 Å². The van der Waals surface area contributed by atoms with Crippen molar-refractivity contribution in [3.8, 4) is 5.75 Å². The number of halogens is 2. The summed E-state index contributed by atoms with van der Waals surface area (Å²) in [6, 6.07) is 3.62. The molecule has 0 bridgehead atoms. The fourth-order valence-corrected chi connectivity index (χ4v) is 2.07. The number of rotatable bonds is 2. The van der Waals surface area contributed by atoms with Crippen LogP contribution >= 0.6 is 23.2 Å². The fraction of sp³-hybridized carbons (Fsp3) is 0.143. The van der Waals surface area contributed by atoms with Crippen LogP contribution in [0.2, 0.25) is 5.02 Å². The third-order valence-corrected chi connectivity index (χ3v) is 3.85. The van der Waals surface area contributed by atoms with Gasteiger partial charge in [0.25, 0.3) is 0 Å². The first-order valence-electron chi connectivity index (χ1n) is 3.24.